The molecule has 0 spiro atoms. The summed E-state index contributed by atoms with van der Waals surface area (Å²) < 4.78 is 3.28. The van der Waals surface area contributed by atoms with Crippen LogP contribution in [0.5, 0.6) is 0 Å². The predicted octanol–water partition coefficient (Wildman–Crippen LogP) is 6.67. The highest BCUT2D eigenvalue weighted by atomic mass is 32.1. The Morgan fingerprint density at radius 2 is 1.36 bits per heavy atom. The number of benzene rings is 1. The van der Waals surface area contributed by atoms with Gasteiger partial charge in [0.05, 0.1) is 0 Å². The van der Waals surface area contributed by atoms with Crippen molar-refractivity contribution in [1.82, 2.24) is 0 Å². The standard InChI is InChI=1S/C20H27PS/c1-3-10-17(11-4-1)21(18-12-5-2-6-13-18)20-15-16-9-7-8-14-19(16)22-20/h7-9,14-15,17-18H,1-6,10-13H2. The summed E-state index contributed by atoms with van der Waals surface area (Å²) >= 11 is 2.12. The van der Waals surface area contributed by atoms with Gasteiger partial charge in [0.1, 0.15) is 0 Å². The molecule has 2 saturated carbocycles. The Labute approximate surface area is 140 Å². The molecule has 22 heavy (non-hydrogen) atoms. The Morgan fingerprint density at radius 1 is 0.773 bits per heavy atom. The van der Waals surface area contributed by atoms with Crippen LogP contribution in [0.1, 0.15) is 64.2 Å². The van der Waals surface area contributed by atoms with Crippen molar-refractivity contribution in [3.8, 4) is 0 Å². The molecule has 0 N–H and O–H groups in total. The van der Waals surface area contributed by atoms with Gasteiger partial charge in [0.15, 0.2) is 0 Å². The molecule has 0 aliphatic heterocycles. The molecule has 0 saturated heterocycles. The van der Waals surface area contributed by atoms with Gasteiger partial charge in [-0.05, 0) is 54.5 Å². The van der Waals surface area contributed by atoms with E-state index in [4.69, 9.17) is 0 Å². The Balaban J connectivity index is 1.68. The highest BCUT2D eigenvalue weighted by Gasteiger charge is 2.33. The topological polar surface area (TPSA) is 0 Å². The summed E-state index contributed by atoms with van der Waals surface area (Å²) in [5, 5.41) is 1.49. The third kappa shape index (κ3) is 3.13. The molecule has 4 rings (SSSR count). The first kappa shape index (κ1) is 15.2. The van der Waals surface area contributed by atoms with E-state index in [1.165, 1.54) is 74.3 Å². The van der Waals surface area contributed by atoms with Gasteiger partial charge in [-0.25, -0.2) is 0 Å². The SMILES string of the molecule is c1ccc2sc(P(C3CCCCC3)C3CCCCC3)cc2c1. The van der Waals surface area contributed by atoms with Crippen LogP contribution in [0, 0.1) is 0 Å². The predicted molar refractivity (Wildman–Crippen MR) is 102 cm³/mol. The van der Waals surface area contributed by atoms with Crippen LogP contribution in [0.2, 0.25) is 0 Å². The first-order valence-electron chi connectivity index (χ1n) is 9.19. The van der Waals surface area contributed by atoms with Crippen molar-refractivity contribution in [2.75, 3.05) is 0 Å². The van der Waals surface area contributed by atoms with Crippen LogP contribution in [0.25, 0.3) is 10.1 Å². The molecule has 0 bridgehead atoms. The summed E-state index contributed by atoms with van der Waals surface area (Å²) in [7, 11) is 0.0796. The molecule has 2 aliphatic rings. The third-order valence-electron chi connectivity index (χ3n) is 5.60. The quantitative estimate of drug-likeness (QED) is 0.551. The second kappa shape index (κ2) is 7.02. The van der Waals surface area contributed by atoms with E-state index < -0.39 is 0 Å². The summed E-state index contributed by atoms with van der Waals surface area (Å²) in [6.45, 7) is 0. The molecule has 1 aromatic heterocycles. The van der Waals surface area contributed by atoms with E-state index in [1.807, 2.05) is 0 Å². The summed E-state index contributed by atoms with van der Waals surface area (Å²) in [5.74, 6) is 0. The average Bonchev–Trinajstić information content (AvgIpc) is 3.00. The number of rotatable bonds is 3. The molecule has 0 atom stereocenters. The Kier molecular flexibility index (Phi) is 4.83. The maximum absolute atomic E-state index is 2.56. The van der Waals surface area contributed by atoms with Gasteiger partial charge in [0.25, 0.3) is 0 Å². The van der Waals surface area contributed by atoms with Gasteiger partial charge in [-0.15, -0.1) is 11.3 Å². The molecule has 2 heteroatoms. The molecule has 1 heterocycles. The van der Waals surface area contributed by atoms with Crippen molar-refractivity contribution < 1.29 is 0 Å². The monoisotopic (exact) mass is 330 g/mol. The highest BCUT2D eigenvalue weighted by molar-refractivity contribution is 7.73. The molecule has 2 fully saturated rings. The van der Waals surface area contributed by atoms with Gasteiger partial charge < -0.3 is 0 Å². The Morgan fingerprint density at radius 3 is 1.95 bits per heavy atom. The second-order valence-electron chi connectivity index (χ2n) is 7.11. The van der Waals surface area contributed by atoms with Crippen molar-refractivity contribution >= 4 is 34.0 Å². The van der Waals surface area contributed by atoms with Gasteiger partial charge in [0.2, 0.25) is 0 Å². The fourth-order valence-corrected chi connectivity index (χ4v) is 10.3. The minimum absolute atomic E-state index is 0.0796. The molecule has 1 aromatic carbocycles. The van der Waals surface area contributed by atoms with Crippen molar-refractivity contribution in [3.63, 3.8) is 0 Å². The maximum Gasteiger partial charge on any atom is 0.0349 e. The smallest absolute Gasteiger partial charge is 0.0349 e. The van der Waals surface area contributed by atoms with E-state index in [1.54, 1.807) is 4.62 Å². The van der Waals surface area contributed by atoms with E-state index in [9.17, 15) is 0 Å². The largest absolute Gasteiger partial charge is 0.135 e. The Hall–Kier alpha value is -0.390. The molecular weight excluding hydrogens is 303 g/mol. The lowest BCUT2D eigenvalue weighted by Gasteiger charge is -2.37. The summed E-state index contributed by atoms with van der Waals surface area (Å²) in [5.41, 5.74) is 2.06. The maximum atomic E-state index is 2.56. The summed E-state index contributed by atoms with van der Waals surface area (Å²) in [6.07, 6.45) is 15.0. The molecule has 2 aliphatic carbocycles. The number of hydrogen-bond acceptors (Lipinski definition) is 1. The van der Waals surface area contributed by atoms with Crippen LogP contribution in [0.3, 0.4) is 0 Å². The van der Waals surface area contributed by atoms with Crippen LogP contribution in [0.15, 0.2) is 30.3 Å². The summed E-state index contributed by atoms with van der Waals surface area (Å²) in [6, 6.07) is 11.6. The van der Waals surface area contributed by atoms with E-state index in [2.05, 4.69) is 41.7 Å². The molecule has 118 valence electrons. The van der Waals surface area contributed by atoms with E-state index in [0.29, 0.717) is 0 Å². The van der Waals surface area contributed by atoms with Gasteiger partial charge in [0, 0.05) is 9.32 Å². The zero-order valence-electron chi connectivity index (χ0n) is 13.5. The van der Waals surface area contributed by atoms with Crippen LogP contribution < -0.4 is 4.62 Å². The minimum atomic E-state index is 0.0796. The van der Waals surface area contributed by atoms with E-state index in [-0.39, 0.29) is 7.92 Å². The lowest BCUT2D eigenvalue weighted by atomic mass is 9.99. The molecule has 0 unspecified atom stereocenters. The normalized spacial score (nSPS) is 21.7. The number of hydrogen-bond donors (Lipinski definition) is 0. The second-order valence-corrected chi connectivity index (χ2v) is 11.3. The van der Waals surface area contributed by atoms with Gasteiger partial charge in [-0.1, -0.05) is 64.6 Å². The van der Waals surface area contributed by atoms with Crippen molar-refractivity contribution in [2.24, 2.45) is 0 Å². The van der Waals surface area contributed by atoms with Crippen LogP contribution in [0.4, 0.5) is 0 Å². The van der Waals surface area contributed by atoms with E-state index >= 15 is 0 Å². The lowest BCUT2D eigenvalue weighted by Crippen LogP contribution is -2.24. The van der Waals surface area contributed by atoms with E-state index in [0.717, 1.165) is 11.3 Å². The highest BCUT2D eigenvalue weighted by Crippen LogP contribution is 2.56. The number of fused-ring (bicyclic) bond motifs is 1. The molecular formula is C20H27PS. The fraction of sp³-hybridized carbons (Fsp3) is 0.600. The van der Waals surface area contributed by atoms with Crippen LogP contribution in [-0.4, -0.2) is 11.3 Å². The fourth-order valence-electron chi connectivity index (χ4n) is 4.47. The average molecular weight is 330 g/mol. The van der Waals surface area contributed by atoms with Crippen molar-refractivity contribution in [2.45, 2.75) is 75.5 Å². The Bertz CT molecular complexity index is 554. The lowest BCUT2D eigenvalue weighted by molar-refractivity contribution is 0.487. The van der Waals surface area contributed by atoms with Crippen LogP contribution >= 0.6 is 19.3 Å². The zero-order valence-corrected chi connectivity index (χ0v) is 15.2. The van der Waals surface area contributed by atoms with Gasteiger partial charge >= 0.3 is 0 Å². The first-order valence-corrected chi connectivity index (χ1v) is 11.5. The molecule has 0 radical (unpaired) electrons. The van der Waals surface area contributed by atoms with Crippen molar-refractivity contribution in [1.29, 1.82) is 0 Å². The van der Waals surface area contributed by atoms with Crippen molar-refractivity contribution in [3.05, 3.63) is 30.3 Å². The molecule has 0 nitrogen and oxygen atoms in total. The molecule has 0 amide bonds. The first-order chi connectivity index (χ1) is 10.9. The van der Waals surface area contributed by atoms with Gasteiger partial charge in [-0.3, -0.25) is 0 Å². The molecule has 2 aromatic rings. The third-order valence-corrected chi connectivity index (χ3v) is 10.7. The zero-order chi connectivity index (χ0) is 14.8. The minimum Gasteiger partial charge on any atom is -0.135 e. The summed E-state index contributed by atoms with van der Waals surface area (Å²) in [4.78, 5) is 0. The van der Waals surface area contributed by atoms with Gasteiger partial charge in [-0.2, -0.15) is 0 Å². The van der Waals surface area contributed by atoms with Crippen LogP contribution in [-0.2, 0) is 0 Å². The number of thiophene rings is 1.